The Morgan fingerprint density at radius 2 is 1.94 bits per heavy atom. The Hall–Kier alpha value is -1.48. The van der Waals surface area contributed by atoms with E-state index >= 15 is 0 Å². The first-order valence-electron chi connectivity index (χ1n) is 5.75. The molecule has 2 aromatic rings. The molecule has 17 heavy (non-hydrogen) atoms. The van der Waals surface area contributed by atoms with E-state index in [1.165, 1.54) is 0 Å². The van der Waals surface area contributed by atoms with Crippen LogP contribution in [0.4, 0.5) is 0 Å². The van der Waals surface area contributed by atoms with Gasteiger partial charge in [-0.05, 0) is 23.3 Å². The second-order valence-electron chi connectivity index (χ2n) is 3.80. The van der Waals surface area contributed by atoms with Gasteiger partial charge in [-0.15, -0.1) is 0 Å². The van der Waals surface area contributed by atoms with Crippen molar-refractivity contribution < 1.29 is 4.21 Å². The number of fused-ring (bicyclic) bond motifs is 1. The van der Waals surface area contributed by atoms with E-state index in [9.17, 15) is 4.21 Å². The zero-order valence-corrected chi connectivity index (χ0v) is 10.6. The van der Waals surface area contributed by atoms with Crippen molar-refractivity contribution in [2.45, 2.75) is 24.7 Å². The second kappa shape index (κ2) is 5.73. The van der Waals surface area contributed by atoms with Crippen LogP contribution in [0.3, 0.4) is 0 Å². The Kier molecular flexibility index (Phi) is 4.04. The van der Waals surface area contributed by atoms with Crippen molar-refractivity contribution in [3.05, 3.63) is 42.5 Å². The minimum absolute atomic E-state index is 0.787. The summed E-state index contributed by atoms with van der Waals surface area (Å²) in [6.07, 6.45) is 3.64. The van der Waals surface area contributed by atoms with Crippen LogP contribution in [0.1, 0.15) is 19.8 Å². The van der Waals surface area contributed by atoms with Crippen molar-refractivity contribution in [2.24, 2.45) is 4.40 Å². The number of hydrogen-bond donors (Lipinski definition) is 0. The van der Waals surface area contributed by atoms with Crippen molar-refractivity contribution in [1.29, 1.82) is 0 Å². The molecule has 0 spiro atoms. The lowest BCUT2D eigenvalue weighted by molar-refractivity contribution is 0.685. The zero-order valence-electron chi connectivity index (χ0n) is 9.80. The van der Waals surface area contributed by atoms with Gasteiger partial charge in [-0.3, -0.25) is 0 Å². The van der Waals surface area contributed by atoms with Crippen LogP contribution in [0.15, 0.2) is 51.8 Å². The average Bonchev–Trinajstić information content (AvgIpc) is 2.38. The van der Waals surface area contributed by atoms with E-state index in [2.05, 4.69) is 11.3 Å². The van der Waals surface area contributed by atoms with Crippen LogP contribution in [0.2, 0.25) is 0 Å². The van der Waals surface area contributed by atoms with Crippen molar-refractivity contribution in [3.63, 3.8) is 0 Å². The summed E-state index contributed by atoms with van der Waals surface area (Å²) in [7, 11) is -1.29. The normalized spacial score (nSPS) is 13.2. The first-order valence-corrected chi connectivity index (χ1v) is 6.86. The Balaban J connectivity index is 2.38. The molecule has 88 valence electrons. The SMILES string of the molecule is CCC/C=N/[S@@](=O)c1cccc2ccccc12. The third-order valence-electron chi connectivity index (χ3n) is 2.53. The van der Waals surface area contributed by atoms with Crippen LogP contribution in [-0.4, -0.2) is 10.4 Å². The second-order valence-corrected chi connectivity index (χ2v) is 4.95. The van der Waals surface area contributed by atoms with Gasteiger partial charge in [0.15, 0.2) is 11.0 Å². The molecule has 0 saturated heterocycles. The molecular formula is C14H15NOS. The van der Waals surface area contributed by atoms with Crippen LogP contribution in [0.25, 0.3) is 10.8 Å². The smallest absolute Gasteiger partial charge is 0.172 e. The lowest BCUT2D eigenvalue weighted by Gasteiger charge is -2.02. The Bertz CT molecular complexity index is 558. The third kappa shape index (κ3) is 2.80. The van der Waals surface area contributed by atoms with E-state index in [1.54, 1.807) is 6.21 Å². The highest BCUT2D eigenvalue weighted by Crippen LogP contribution is 2.21. The minimum Gasteiger partial charge on any atom is -0.229 e. The molecular weight excluding hydrogens is 230 g/mol. The molecule has 0 N–H and O–H groups in total. The molecule has 2 rings (SSSR count). The van der Waals surface area contributed by atoms with Gasteiger partial charge in [-0.25, -0.2) is 4.21 Å². The van der Waals surface area contributed by atoms with Crippen LogP contribution < -0.4 is 0 Å². The highest BCUT2D eigenvalue weighted by atomic mass is 32.2. The largest absolute Gasteiger partial charge is 0.229 e. The molecule has 0 aromatic heterocycles. The maximum absolute atomic E-state index is 12.0. The number of benzene rings is 2. The van der Waals surface area contributed by atoms with E-state index in [4.69, 9.17) is 0 Å². The highest BCUT2D eigenvalue weighted by molar-refractivity contribution is 7.84. The van der Waals surface area contributed by atoms with Gasteiger partial charge in [0.25, 0.3) is 0 Å². The van der Waals surface area contributed by atoms with E-state index in [1.807, 2.05) is 42.5 Å². The molecule has 0 radical (unpaired) electrons. The molecule has 0 fully saturated rings. The molecule has 0 aliphatic rings. The lowest BCUT2D eigenvalue weighted by Crippen LogP contribution is -1.89. The monoisotopic (exact) mass is 245 g/mol. The first kappa shape index (κ1) is 12.0. The van der Waals surface area contributed by atoms with Crippen LogP contribution >= 0.6 is 0 Å². The summed E-state index contributed by atoms with van der Waals surface area (Å²) in [4.78, 5) is 0.787. The van der Waals surface area contributed by atoms with Crippen molar-refractivity contribution >= 4 is 28.0 Å². The molecule has 2 aromatic carbocycles. The summed E-state index contributed by atoms with van der Waals surface area (Å²) in [5.74, 6) is 0. The van der Waals surface area contributed by atoms with Crippen molar-refractivity contribution in [2.75, 3.05) is 0 Å². The molecule has 0 aliphatic heterocycles. The molecule has 2 nitrogen and oxygen atoms in total. The van der Waals surface area contributed by atoms with Gasteiger partial charge in [0.2, 0.25) is 0 Å². The molecule has 0 unspecified atom stereocenters. The topological polar surface area (TPSA) is 29.4 Å². The molecule has 0 aliphatic carbocycles. The quantitative estimate of drug-likeness (QED) is 0.755. The predicted molar refractivity (Wildman–Crippen MR) is 73.8 cm³/mol. The van der Waals surface area contributed by atoms with E-state index < -0.39 is 11.0 Å². The molecule has 0 bridgehead atoms. The average molecular weight is 245 g/mol. The summed E-state index contributed by atoms with van der Waals surface area (Å²) in [5, 5.41) is 2.12. The Labute approximate surface area is 104 Å². The zero-order chi connectivity index (χ0) is 12.1. The van der Waals surface area contributed by atoms with Crippen LogP contribution in [-0.2, 0) is 11.0 Å². The third-order valence-corrected chi connectivity index (χ3v) is 3.60. The highest BCUT2D eigenvalue weighted by Gasteiger charge is 2.05. The van der Waals surface area contributed by atoms with Crippen molar-refractivity contribution in [3.8, 4) is 0 Å². The van der Waals surface area contributed by atoms with E-state index in [0.717, 1.165) is 28.5 Å². The van der Waals surface area contributed by atoms with Gasteiger partial charge in [0, 0.05) is 6.21 Å². The van der Waals surface area contributed by atoms with E-state index in [0.29, 0.717) is 0 Å². The molecule has 3 heteroatoms. The maximum Gasteiger partial charge on any atom is 0.172 e. The number of rotatable bonds is 4. The van der Waals surface area contributed by atoms with Gasteiger partial charge in [-0.2, -0.15) is 4.40 Å². The fraction of sp³-hybridized carbons (Fsp3) is 0.214. The molecule has 0 heterocycles. The minimum atomic E-state index is -1.29. The summed E-state index contributed by atoms with van der Waals surface area (Å²) < 4.78 is 16.1. The van der Waals surface area contributed by atoms with Gasteiger partial charge in [0.1, 0.15) is 0 Å². The summed E-state index contributed by atoms with van der Waals surface area (Å²) in [6.45, 7) is 2.08. The van der Waals surface area contributed by atoms with Crippen LogP contribution in [0.5, 0.6) is 0 Å². The number of unbranched alkanes of at least 4 members (excludes halogenated alkanes) is 1. The predicted octanol–water partition coefficient (Wildman–Crippen LogP) is 3.73. The maximum atomic E-state index is 12.0. The fourth-order valence-electron chi connectivity index (χ4n) is 1.65. The van der Waals surface area contributed by atoms with Gasteiger partial charge < -0.3 is 0 Å². The molecule has 0 saturated carbocycles. The van der Waals surface area contributed by atoms with E-state index in [-0.39, 0.29) is 0 Å². The molecule has 0 amide bonds. The van der Waals surface area contributed by atoms with Gasteiger partial charge in [-0.1, -0.05) is 49.7 Å². The Morgan fingerprint density at radius 3 is 2.76 bits per heavy atom. The lowest BCUT2D eigenvalue weighted by atomic mass is 10.1. The summed E-state index contributed by atoms with van der Waals surface area (Å²) >= 11 is 0. The number of nitrogens with zero attached hydrogens (tertiary/aromatic N) is 1. The summed E-state index contributed by atoms with van der Waals surface area (Å²) in [5.41, 5.74) is 0. The fourth-order valence-corrected chi connectivity index (χ4v) is 2.58. The summed E-state index contributed by atoms with van der Waals surface area (Å²) in [6, 6.07) is 13.8. The first-order chi connectivity index (χ1) is 8.33. The standard InChI is InChI=1S/C14H15NOS/c1-2-3-11-15-17(16)14-10-6-8-12-7-4-5-9-13(12)14/h4-11H,2-3H2,1H3/b15-11+/t17-/m0/s1. The van der Waals surface area contributed by atoms with Crippen molar-refractivity contribution in [1.82, 2.24) is 0 Å². The van der Waals surface area contributed by atoms with Crippen LogP contribution in [0, 0.1) is 0 Å². The van der Waals surface area contributed by atoms with Gasteiger partial charge >= 0.3 is 0 Å². The Morgan fingerprint density at radius 1 is 1.18 bits per heavy atom. The number of hydrogen-bond acceptors (Lipinski definition) is 1. The van der Waals surface area contributed by atoms with Gasteiger partial charge in [0.05, 0.1) is 4.90 Å². The molecule has 1 atom stereocenters.